The first-order valence-corrected chi connectivity index (χ1v) is 9.00. The molecule has 2 aromatic carbocycles. The molecule has 25 heavy (non-hydrogen) atoms. The molecule has 0 radical (unpaired) electrons. The molecule has 1 aliphatic carbocycles. The van der Waals surface area contributed by atoms with Gasteiger partial charge in [-0.05, 0) is 36.5 Å². The first-order chi connectivity index (χ1) is 12.2. The number of hydrogen-bond donors (Lipinski definition) is 2. The van der Waals surface area contributed by atoms with Crippen LogP contribution in [-0.4, -0.2) is 18.6 Å². The summed E-state index contributed by atoms with van der Waals surface area (Å²) in [4.78, 5) is 12.5. The minimum absolute atomic E-state index is 0.0489. The van der Waals surface area contributed by atoms with Gasteiger partial charge in [0, 0.05) is 12.5 Å². The van der Waals surface area contributed by atoms with E-state index in [1.807, 2.05) is 60.7 Å². The summed E-state index contributed by atoms with van der Waals surface area (Å²) >= 11 is 0. The van der Waals surface area contributed by atoms with Gasteiger partial charge in [-0.3, -0.25) is 4.79 Å². The van der Waals surface area contributed by atoms with Crippen molar-refractivity contribution in [2.75, 3.05) is 6.61 Å². The van der Waals surface area contributed by atoms with E-state index >= 15 is 0 Å². The number of amides is 1. The third-order valence-corrected chi connectivity index (χ3v) is 4.86. The van der Waals surface area contributed by atoms with Gasteiger partial charge in [0.1, 0.15) is 12.4 Å². The molecular weight excluding hydrogens is 312 g/mol. The standard InChI is InChI=1S/C21H26N2O2/c22-19-13-7-10-17(19)14-21(24)23-20(16-8-3-1-4-9-16)15-25-18-11-5-2-6-12-18/h1-6,8-9,11-12,17,19-20H,7,10,13-15,22H2,(H,23,24)/t17-,19+,20?/m0/s1. The van der Waals surface area contributed by atoms with E-state index in [9.17, 15) is 4.79 Å². The second-order valence-corrected chi connectivity index (χ2v) is 6.71. The molecule has 1 aliphatic rings. The zero-order chi connectivity index (χ0) is 17.5. The first-order valence-electron chi connectivity index (χ1n) is 9.00. The molecule has 0 heterocycles. The fourth-order valence-corrected chi connectivity index (χ4v) is 3.41. The van der Waals surface area contributed by atoms with Gasteiger partial charge in [0.05, 0.1) is 6.04 Å². The van der Waals surface area contributed by atoms with Crippen LogP contribution in [0, 0.1) is 5.92 Å². The number of nitrogens with one attached hydrogen (secondary N) is 1. The molecule has 1 saturated carbocycles. The van der Waals surface area contributed by atoms with E-state index in [-0.39, 0.29) is 18.0 Å². The molecule has 0 bridgehead atoms. The Morgan fingerprint density at radius 2 is 1.76 bits per heavy atom. The zero-order valence-corrected chi connectivity index (χ0v) is 14.4. The van der Waals surface area contributed by atoms with Gasteiger partial charge in [-0.2, -0.15) is 0 Å². The highest BCUT2D eigenvalue weighted by Crippen LogP contribution is 2.27. The van der Waals surface area contributed by atoms with Gasteiger partial charge < -0.3 is 15.8 Å². The second-order valence-electron chi connectivity index (χ2n) is 6.71. The lowest BCUT2D eigenvalue weighted by molar-refractivity contribution is -0.123. The Kier molecular flexibility index (Phi) is 6.07. The third-order valence-electron chi connectivity index (χ3n) is 4.86. The highest BCUT2D eigenvalue weighted by Gasteiger charge is 2.27. The maximum atomic E-state index is 12.5. The molecule has 4 heteroatoms. The Balaban J connectivity index is 1.63. The van der Waals surface area contributed by atoms with Crippen LogP contribution in [0.2, 0.25) is 0 Å². The smallest absolute Gasteiger partial charge is 0.220 e. The van der Waals surface area contributed by atoms with E-state index in [1.54, 1.807) is 0 Å². The number of benzene rings is 2. The minimum atomic E-state index is -0.175. The van der Waals surface area contributed by atoms with Crippen molar-refractivity contribution in [1.82, 2.24) is 5.32 Å². The van der Waals surface area contributed by atoms with Crippen molar-refractivity contribution in [2.45, 2.75) is 37.8 Å². The van der Waals surface area contributed by atoms with Crippen molar-refractivity contribution >= 4 is 5.91 Å². The molecule has 2 aromatic rings. The Morgan fingerprint density at radius 3 is 2.40 bits per heavy atom. The number of ether oxygens (including phenoxy) is 1. The largest absolute Gasteiger partial charge is 0.491 e. The predicted octanol–water partition coefficient (Wildman–Crippen LogP) is 3.44. The lowest BCUT2D eigenvalue weighted by atomic mass is 9.99. The Morgan fingerprint density at radius 1 is 1.08 bits per heavy atom. The van der Waals surface area contributed by atoms with Crippen LogP contribution in [0.5, 0.6) is 5.75 Å². The lowest BCUT2D eigenvalue weighted by Crippen LogP contribution is -2.35. The normalized spacial score (nSPS) is 20.8. The summed E-state index contributed by atoms with van der Waals surface area (Å²) in [5, 5.41) is 3.13. The molecule has 3 atom stereocenters. The number of hydrogen-bond acceptors (Lipinski definition) is 3. The minimum Gasteiger partial charge on any atom is -0.491 e. The summed E-state index contributed by atoms with van der Waals surface area (Å²) in [5.41, 5.74) is 7.14. The highest BCUT2D eigenvalue weighted by molar-refractivity contribution is 5.76. The fourth-order valence-electron chi connectivity index (χ4n) is 3.41. The van der Waals surface area contributed by atoms with Crippen molar-refractivity contribution < 1.29 is 9.53 Å². The van der Waals surface area contributed by atoms with E-state index in [1.165, 1.54) is 0 Å². The predicted molar refractivity (Wildman–Crippen MR) is 99.2 cm³/mol. The van der Waals surface area contributed by atoms with Gasteiger partial charge in [0.25, 0.3) is 0 Å². The quantitative estimate of drug-likeness (QED) is 0.813. The maximum Gasteiger partial charge on any atom is 0.220 e. The first kappa shape index (κ1) is 17.5. The van der Waals surface area contributed by atoms with Crippen LogP contribution in [0.4, 0.5) is 0 Å². The van der Waals surface area contributed by atoms with E-state index < -0.39 is 0 Å². The van der Waals surface area contributed by atoms with Gasteiger partial charge >= 0.3 is 0 Å². The van der Waals surface area contributed by atoms with Crippen LogP contribution < -0.4 is 15.8 Å². The highest BCUT2D eigenvalue weighted by atomic mass is 16.5. The van der Waals surface area contributed by atoms with Crippen LogP contribution in [-0.2, 0) is 4.79 Å². The number of para-hydroxylation sites is 1. The van der Waals surface area contributed by atoms with E-state index in [2.05, 4.69) is 5.32 Å². The second kappa shape index (κ2) is 8.67. The molecular formula is C21H26N2O2. The SMILES string of the molecule is N[C@@H]1CCC[C@H]1CC(=O)NC(COc1ccccc1)c1ccccc1. The van der Waals surface area contributed by atoms with Crippen molar-refractivity contribution in [2.24, 2.45) is 11.7 Å². The number of rotatable bonds is 7. The summed E-state index contributed by atoms with van der Waals surface area (Å²) < 4.78 is 5.88. The summed E-state index contributed by atoms with van der Waals surface area (Å²) in [6, 6.07) is 19.6. The van der Waals surface area contributed by atoms with Crippen molar-refractivity contribution in [3.05, 3.63) is 66.2 Å². The van der Waals surface area contributed by atoms with Crippen molar-refractivity contribution in [1.29, 1.82) is 0 Å². The van der Waals surface area contributed by atoms with Crippen LogP contribution in [0.15, 0.2) is 60.7 Å². The van der Waals surface area contributed by atoms with Crippen LogP contribution in [0.25, 0.3) is 0 Å². The Labute approximate surface area is 149 Å². The molecule has 3 N–H and O–H groups in total. The van der Waals surface area contributed by atoms with E-state index in [0.29, 0.717) is 18.9 Å². The third kappa shape index (κ3) is 5.07. The van der Waals surface area contributed by atoms with Crippen LogP contribution >= 0.6 is 0 Å². The van der Waals surface area contributed by atoms with Gasteiger partial charge in [0.15, 0.2) is 0 Å². The van der Waals surface area contributed by atoms with Crippen molar-refractivity contribution in [3.63, 3.8) is 0 Å². The molecule has 132 valence electrons. The number of nitrogens with two attached hydrogens (primary N) is 1. The summed E-state index contributed by atoms with van der Waals surface area (Å²) in [6.45, 7) is 0.399. The zero-order valence-electron chi connectivity index (χ0n) is 14.4. The summed E-state index contributed by atoms with van der Waals surface area (Å²) in [7, 11) is 0. The average Bonchev–Trinajstić information content (AvgIpc) is 3.05. The summed E-state index contributed by atoms with van der Waals surface area (Å²) in [5.74, 6) is 1.15. The fraction of sp³-hybridized carbons (Fsp3) is 0.381. The molecule has 0 aromatic heterocycles. The number of carbonyl (C=O) groups excluding carboxylic acids is 1. The van der Waals surface area contributed by atoms with E-state index in [4.69, 9.17) is 10.5 Å². The molecule has 0 spiro atoms. The maximum absolute atomic E-state index is 12.5. The monoisotopic (exact) mass is 338 g/mol. The lowest BCUT2D eigenvalue weighted by Gasteiger charge is -2.22. The van der Waals surface area contributed by atoms with Gasteiger partial charge in [-0.1, -0.05) is 55.0 Å². The van der Waals surface area contributed by atoms with Crippen LogP contribution in [0.1, 0.15) is 37.3 Å². The van der Waals surface area contributed by atoms with Crippen molar-refractivity contribution in [3.8, 4) is 5.75 Å². The molecule has 1 fully saturated rings. The molecule has 1 unspecified atom stereocenters. The molecule has 3 rings (SSSR count). The summed E-state index contributed by atoms with van der Waals surface area (Å²) in [6.07, 6.45) is 3.69. The Bertz CT molecular complexity index is 660. The average molecular weight is 338 g/mol. The van der Waals surface area contributed by atoms with Crippen LogP contribution in [0.3, 0.4) is 0 Å². The number of carbonyl (C=O) groups is 1. The van der Waals surface area contributed by atoms with Gasteiger partial charge in [-0.15, -0.1) is 0 Å². The van der Waals surface area contributed by atoms with Gasteiger partial charge in [-0.25, -0.2) is 0 Å². The van der Waals surface area contributed by atoms with E-state index in [0.717, 1.165) is 30.6 Å². The molecule has 1 amide bonds. The molecule has 0 aliphatic heterocycles. The topological polar surface area (TPSA) is 64.4 Å². The molecule has 4 nitrogen and oxygen atoms in total. The molecule has 0 saturated heterocycles. The Hall–Kier alpha value is -2.33. The van der Waals surface area contributed by atoms with Gasteiger partial charge in [0.2, 0.25) is 5.91 Å².